The molecular formula is C25H18BrNO5S. The molecule has 1 N–H and O–H groups in total. The van der Waals surface area contributed by atoms with Gasteiger partial charge in [0.15, 0.2) is 11.5 Å². The van der Waals surface area contributed by atoms with Gasteiger partial charge in [-0.3, -0.25) is 9.59 Å². The maximum Gasteiger partial charge on any atom is 0.290 e. The maximum absolute atomic E-state index is 13.6. The first-order valence-electron chi connectivity index (χ1n) is 10.1. The van der Waals surface area contributed by atoms with Crippen molar-refractivity contribution in [3.63, 3.8) is 0 Å². The van der Waals surface area contributed by atoms with Gasteiger partial charge in [0.1, 0.15) is 11.3 Å². The van der Waals surface area contributed by atoms with Crippen molar-refractivity contribution in [1.82, 2.24) is 4.90 Å². The second-order valence-electron chi connectivity index (χ2n) is 7.57. The van der Waals surface area contributed by atoms with E-state index in [1.54, 1.807) is 43.5 Å². The number of benzene rings is 2. The number of ether oxygens (including phenoxy) is 1. The first kappa shape index (κ1) is 21.5. The quantitative estimate of drug-likeness (QED) is 0.311. The predicted octanol–water partition coefficient (Wildman–Crippen LogP) is 6.04. The summed E-state index contributed by atoms with van der Waals surface area (Å²) in [5.41, 5.74) is 1.23. The molecule has 2 aromatic carbocycles. The molecule has 1 unspecified atom stereocenters. The number of aliphatic hydroxyl groups excluding tert-OH is 1. The topological polar surface area (TPSA) is 80.0 Å². The molecule has 0 spiro atoms. The molecule has 0 aliphatic carbocycles. The summed E-state index contributed by atoms with van der Waals surface area (Å²) in [5.74, 6) is -0.959. The Morgan fingerprint density at radius 2 is 1.97 bits per heavy atom. The van der Waals surface area contributed by atoms with E-state index in [4.69, 9.17) is 9.15 Å². The lowest BCUT2D eigenvalue weighted by Gasteiger charge is -2.26. The van der Waals surface area contributed by atoms with Crippen LogP contribution in [-0.2, 0) is 11.3 Å². The highest BCUT2D eigenvalue weighted by Gasteiger charge is 2.44. The highest BCUT2D eigenvalue weighted by molar-refractivity contribution is 9.10. The minimum atomic E-state index is -0.766. The van der Waals surface area contributed by atoms with Crippen LogP contribution in [0.5, 0.6) is 5.75 Å². The molecule has 0 fully saturated rings. The predicted molar refractivity (Wildman–Crippen MR) is 129 cm³/mol. The zero-order valence-corrected chi connectivity index (χ0v) is 19.9. The summed E-state index contributed by atoms with van der Waals surface area (Å²) < 4.78 is 11.9. The Labute approximate surface area is 201 Å². The number of hydrogen-bond acceptors (Lipinski definition) is 6. The minimum Gasteiger partial charge on any atom is -0.503 e. The lowest BCUT2D eigenvalue weighted by atomic mass is 9.95. The molecule has 0 saturated carbocycles. The van der Waals surface area contributed by atoms with E-state index in [2.05, 4.69) is 15.9 Å². The summed E-state index contributed by atoms with van der Waals surface area (Å²) in [6, 6.07) is 17.2. The first-order chi connectivity index (χ1) is 16.0. The molecule has 1 amide bonds. The van der Waals surface area contributed by atoms with Gasteiger partial charge in [-0.05, 0) is 53.4 Å². The van der Waals surface area contributed by atoms with Crippen LogP contribution in [-0.4, -0.2) is 28.8 Å². The van der Waals surface area contributed by atoms with E-state index < -0.39 is 23.5 Å². The van der Waals surface area contributed by atoms with Gasteiger partial charge in [-0.25, -0.2) is 0 Å². The maximum atomic E-state index is 13.6. The molecular weight excluding hydrogens is 506 g/mol. The van der Waals surface area contributed by atoms with Crippen molar-refractivity contribution >= 4 is 49.9 Å². The number of carbonyl (C=O) groups is 2. The van der Waals surface area contributed by atoms with Gasteiger partial charge in [0.05, 0.1) is 25.3 Å². The fourth-order valence-corrected chi connectivity index (χ4v) is 5.09. The van der Waals surface area contributed by atoms with Crippen LogP contribution < -0.4 is 4.74 Å². The van der Waals surface area contributed by atoms with Crippen molar-refractivity contribution in [2.75, 3.05) is 7.11 Å². The van der Waals surface area contributed by atoms with Crippen LogP contribution in [0.25, 0.3) is 11.0 Å². The summed E-state index contributed by atoms with van der Waals surface area (Å²) in [4.78, 5) is 29.1. The second kappa shape index (κ2) is 8.53. The Morgan fingerprint density at radius 1 is 1.18 bits per heavy atom. The number of carbonyl (C=O) groups excluding carboxylic acids is 2. The van der Waals surface area contributed by atoms with E-state index in [1.807, 2.05) is 29.6 Å². The molecule has 0 bridgehead atoms. The summed E-state index contributed by atoms with van der Waals surface area (Å²) in [6.45, 7) is 0.265. The Balaban J connectivity index is 1.59. The fraction of sp³-hybridized carbons (Fsp3) is 0.120. The van der Waals surface area contributed by atoms with Crippen molar-refractivity contribution in [2.45, 2.75) is 12.6 Å². The van der Waals surface area contributed by atoms with Gasteiger partial charge < -0.3 is 19.2 Å². The van der Waals surface area contributed by atoms with Gasteiger partial charge in [-0.1, -0.05) is 34.1 Å². The number of furan rings is 1. The highest BCUT2D eigenvalue weighted by atomic mass is 79.9. The number of thiophene rings is 1. The largest absolute Gasteiger partial charge is 0.503 e. The molecule has 8 heteroatoms. The van der Waals surface area contributed by atoms with Crippen LogP contribution in [0, 0.1) is 0 Å². The Kier molecular flexibility index (Phi) is 5.55. The molecule has 166 valence electrons. The highest BCUT2D eigenvalue weighted by Crippen LogP contribution is 2.41. The van der Waals surface area contributed by atoms with Gasteiger partial charge in [-0.15, -0.1) is 11.3 Å². The van der Waals surface area contributed by atoms with E-state index in [1.165, 1.54) is 16.2 Å². The zero-order chi connectivity index (χ0) is 23.1. The third kappa shape index (κ3) is 3.85. The normalized spacial score (nSPS) is 16.1. The van der Waals surface area contributed by atoms with Crippen molar-refractivity contribution in [2.24, 2.45) is 0 Å². The second-order valence-corrected chi connectivity index (χ2v) is 9.52. The van der Waals surface area contributed by atoms with Gasteiger partial charge in [0, 0.05) is 14.7 Å². The molecule has 33 heavy (non-hydrogen) atoms. The summed E-state index contributed by atoms with van der Waals surface area (Å²) >= 11 is 4.92. The molecule has 6 nitrogen and oxygen atoms in total. The molecule has 4 aromatic rings. The van der Waals surface area contributed by atoms with Crippen LogP contribution >= 0.6 is 27.3 Å². The molecule has 1 atom stereocenters. The number of amides is 1. The van der Waals surface area contributed by atoms with Gasteiger partial charge in [-0.2, -0.15) is 0 Å². The van der Waals surface area contributed by atoms with E-state index in [-0.39, 0.29) is 17.9 Å². The molecule has 1 aliphatic heterocycles. The SMILES string of the molecule is COc1ccc(C2C(C(=O)c3cc4cc(Br)ccc4o3)=C(O)C(=O)N2Cc2cccs2)cc1. The van der Waals surface area contributed by atoms with Crippen LogP contribution in [0.2, 0.25) is 0 Å². The molecule has 3 heterocycles. The Morgan fingerprint density at radius 3 is 2.67 bits per heavy atom. The number of aliphatic hydroxyl groups is 1. The first-order valence-corrected chi connectivity index (χ1v) is 11.8. The van der Waals surface area contributed by atoms with E-state index >= 15 is 0 Å². The summed E-state index contributed by atoms with van der Waals surface area (Å²) in [6.07, 6.45) is 0. The van der Waals surface area contributed by atoms with Gasteiger partial charge in [0.25, 0.3) is 5.91 Å². The van der Waals surface area contributed by atoms with E-state index in [0.29, 0.717) is 16.9 Å². The monoisotopic (exact) mass is 523 g/mol. The van der Waals surface area contributed by atoms with Gasteiger partial charge in [0.2, 0.25) is 5.78 Å². The van der Waals surface area contributed by atoms with Crippen molar-refractivity contribution in [3.05, 3.63) is 98.0 Å². The number of hydrogen-bond donors (Lipinski definition) is 1. The van der Waals surface area contributed by atoms with E-state index in [9.17, 15) is 14.7 Å². The average Bonchev–Trinajstić information content (AvgIpc) is 3.54. The lowest BCUT2D eigenvalue weighted by Crippen LogP contribution is -2.30. The fourth-order valence-electron chi connectivity index (χ4n) is 4.01. The smallest absolute Gasteiger partial charge is 0.290 e. The number of fused-ring (bicyclic) bond motifs is 1. The number of rotatable bonds is 6. The van der Waals surface area contributed by atoms with Crippen LogP contribution in [0.4, 0.5) is 0 Å². The number of methoxy groups -OCH3 is 1. The standard InChI is InChI=1S/C25H18BrNO5S/c1-31-17-7-4-14(5-8-17)22-21(24(29)25(30)27(22)13-18-3-2-10-33-18)23(28)20-12-15-11-16(26)6-9-19(15)32-20/h2-12,22,29H,13H2,1H3. The zero-order valence-electron chi connectivity index (χ0n) is 17.4. The van der Waals surface area contributed by atoms with Crippen LogP contribution in [0.1, 0.15) is 27.0 Å². The molecule has 0 saturated heterocycles. The third-order valence-electron chi connectivity index (χ3n) is 5.59. The number of halogens is 1. The van der Waals surface area contributed by atoms with Gasteiger partial charge >= 0.3 is 0 Å². The molecule has 2 aromatic heterocycles. The van der Waals surface area contributed by atoms with Crippen LogP contribution in [0.3, 0.4) is 0 Å². The summed E-state index contributed by atoms with van der Waals surface area (Å²) in [5, 5.41) is 13.5. The van der Waals surface area contributed by atoms with E-state index in [0.717, 1.165) is 14.7 Å². The van der Waals surface area contributed by atoms with Crippen LogP contribution in [0.15, 0.2) is 86.3 Å². The Bertz CT molecular complexity index is 1390. The number of ketones is 1. The molecule has 5 rings (SSSR count). The molecule has 1 aliphatic rings. The van der Waals surface area contributed by atoms with Crippen molar-refractivity contribution in [1.29, 1.82) is 0 Å². The lowest BCUT2D eigenvalue weighted by molar-refractivity contribution is -0.130. The average molecular weight is 524 g/mol. The van der Waals surface area contributed by atoms with Crippen molar-refractivity contribution < 1.29 is 23.8 Å². The third-order valence-corrected chi connectivity index (χ3v) is 6.94. The minimum absolute atomic E-state index is 0.000144. The number of nitrogens with zero attached hydrogens (tertiary/aromatic N) is 1. The van der Waals surface area contributed by atoms with Crippen molar-refractivity contribution in [3.8, 4) is 5.75 Å². The number of Topliss-reactive ketones (excluding diaryl/α,β-unsaturated/α-hetero) is 1. The molecule has 0 radical (unpaired) electrons. The Hall–Kier alpha value is -3.36. The summed E-state index contributed by atoms with van der Waals surface area (Å²) in [7, 11) is 1.57.